The second kappa shape index (κ2) is 10.3. The molecule has 2 rings (SSSR count). The molecule has 0 aliphatic carbocycles. The lowest BCUT2D eigenvalue weighted by Gasteiger charge is -2.33. The van der Waals surface area contributed by atoms with E-state index in [1.165, 1.54) is 0 Å². The number of phosphoric acid groups is 3. The van der Waals surface area contributed by atoms with Crippen LogP contribution >= 0.6 is 23.5 Å². The van der Waals surface area contributed by atoms with Gasteiger partial charge < -0.3 is 34.5 Å². The minimum atomic E-state index is -5.76. The van der Waals surface area contributed by atoms with Crippen LogP contribution < -0.4 is 11.2 Å². The largest absolute Gasteiger partial charge is 0.490 e. The molecule has 1 aromatic rings. The van der Waals surface area contributed by atoms with Crippen molar-refractivity contribution < 1.29 is 61.4 Å². The van der Waals surface area contributed by atoms with Gasteiger partial charge in [0.2, 0.25) is 0 Å². The molecule has 20 heteroatoms. The normalized spacial score (nSPS) is 29.5. The third-order valence-corrected chi connectivity index (χ3v) is 8.26. The monoisotopic (exact) mass is 540 g/mol. The first-order valence-corrected chi connectivity index (χ1v) is 13.7. The standard InChI is InChI=1S/C13H23N2O15P3/c1-2-3-5-13(15-6-4-9(16)14-12(15)19)11(18)10(17)8(28-13)7-27-32(23,24)30-33(25,26)29-31(20,21)22/h4,6,8,10-11,17-18H,2-3,5,7H2,1H3,(H,23,24)(H,25,26)(H,14,16,19)(H2,20,21,22)/t8-,10-,11-,13-/m1/s1. The first kappa shape index (κ1) is 28.2. The molecule has 0 saturated carbocycles. The maximum absolute atomic E-state index is 12.3. The third kappa shape index (κ3) is 7.23. The van der Waals surface area contributed by atoms with E-state index in [4.69, 9.17) is 14.5 Å². The molecule has 1 fully saturated rings. The Morgan fingerprint density at radius 2 is 1.76 bits per heavy atom. The zero-order valence-electron chi connectivity index (χ0n) is 16.9. The van der Waals surface area contributed by atoms with Crippen LogP contribution in [-0.2, 0) is 37.3 Å². The number of H-pyrrole nitrogens is 1. The highest BCUT2D eigenvalue weighted by molar-refractivity contribution is 7.66. The van der Waals surface area contributed by atoms with E-state index >= 15 is 0 Å². The molecule has 17 nitrogen and oxygen atoms in total. The van der Waals surface area contributed by atoms with Gasteiger partial charge in [0.15, 0.2) is 5.72 Å². The van der Waals surface area contributed by atoms with Crippen molar-refractivity contribution in [2.45, 2.75) is 50.2 Å². The lowest BCUT2D eigenvalue weighted by atomic mass is 9.96. The molecule has 1 aliphatic rings. The summed E-state index contributed by atoms with van der Waals surface area (Å²) in [6.45, 7) is 0.738. The fraction of sp³-hybridized carbons (Fsp3) is 0.692. The lowest BCUT2D eigenvalue weighted by molar-refractivity contribution is -0.155. The number of aromatic nitrogens is 2. The number of ether oxygens (including phenoxy) is 1. The average molecular weight is 540 g/mol. The maximum atomic E-state index is 12.3. The van der Waals surface area contributed by atoms with Crippen molar-refractivity contribution in [3.05, 3.63) is 33.1 Å². The van der Waals surface area contributed by atoms with Gasteiger partial charge in [-0.2, -0.15) is 8.62 Å². The number of nitrogens with zero attached hydrogens (tertiary/aromatic N) is 1. The Labute approximate surface area is 185 Å². The molecule has 190 valence electrons. The van der Waals surface area contributed by atoms with E-state index in [2.05, 4.69) is 13.1 Å². The summed E-state index contributed by atoms with van der Waals surface area (Å²) in [4.78, 5) is 61.5. The van der Waals surface area contributed by atoms with Crippen molar-refractivity contribution >= 4 is 23.5 Å². The Kier molecular flexibility index (Phi) is 8.80. The summed E-state index contributed by atoms with van der Waals surface area (Å²) in [7, 11) is -16.9. The number of rotatable bonds is 11. The zero-order chi connectivity index (χ0) is 25.2. The number of aromatic amines is 1. The minimum absolute atomic E-state index is 0.0422. The first-order valence-electron chi connectivity index (χ1n) is 9.17. The van der Waals surface area contributed by atoms with Crippen LogP contribution in [-0.4, -0.2) is 64.3 Å². The summed E-state index contributed by atoms with van der Waals surface area (Å²) in [5.41, 5.74) is -3.63. The van der Waals surface area contributed by atoms with Crippen LogP contribution in [0.5, 0.6) is 0 Å². The predicted octanol–water partition coefficient (Wildman–Crippen LogP) is -1.16. The van der Waals surface area contributed by atoms with E-state index in [0.717, 1.165) is 16.8 Å². The minimum Gasteiger partial charge on any atom is -0.387 e. The number of hydrogen-bond donors (Lipinski definition) is 7. The van der Waals surface area contributed by atoms with Crippen LogP contribution in [0.3, 0.4) is 0 Å². The number of aliphatic hydroxyl groups excluding tert-OH is 2. The van der Waals surface area contributed by atoms with Gasteiger partial charge in [-0.3, -0.25) is 18.9 Å². The van der Waals surface area contributed by atoms with Crippen molar-refractivity contribution in [1.29, 1.82) is 0 Å². The molecule has 33 heavy (non-hydrogen) atoms. The number of aliphatic hydroxyl groups is 2. The average Bonchev–Trinajstić information content (AvgIpc) is 2.87. The molecule has 0 radical (unpaired) electrons. The van der Waals surface area contributed by atoms with E-state index in [1.54, 1.807) is 6.92 Å². The Morgan fingerprint density at radius 1 is 1.12 bits per heavy atom. The van der Waals surface area contributed by atoms with E-state index < -0.39 is 65.4 Å². The SMILES string of the molecule is CCCC[C@@]1(n2ccc(=O)[nH]c2=O)O[C@H](COP(=O)(O)OP(=O)(O)OP(=O)(O)O)[C@@H](O)[C@H]1O. The fourth-order valence-corrected chi connectivity index (χ4v) is 6.18. The van der Waals surface area contributed by atoms with Crippen molar-refractivity contribution in [3.8, 4) is 0 Å². The van der Waals surface area contributed by atoms with Gasteiger partial charge in [0.1, 0.15) is 18.3 Å². The molecule has 1 aliphatic heterocycles. The Morgan fingerprint density at radius 3 is 2.30 bits per heavy atom. The Bertz CT molecular complexity index is 1100. The van der Waals surface area contributed by atoms with E-state index in [-0.39, 0.29) is 6.42 Å². The Hall–Kier alpha value is -1.03. The van der Waals surface area contributed by atoms with Crippen LogP contribution in [0.1, 0.15) is 26.2 Å². The smallest absolute Gasteiger partial charge is 0.387 e. The molecular weight excluding hydrogens is 517 g/mol. The van der Waals surface area contributed by atoms with Crippen molar-refractivity contribution in [3.63, 3.8) is 0 Å². The highest BCUT2D eigenvalue weighted by Crippen LogP contribution is 2.66. The maximum Gasteiger partial charge on any atom is 0.490 e. The molecule has 0 amide bonds. The van der Waals surface area contributed by atoms with Crippen LogP contribution in [0.25, 0.3) is 0 Å². The second-order valence-electron chi connectivity index (χ2n) is 6.91. The summed E-state index contributed by atoms with van der Waals surface area (Å²) < 4.78 is 52.0. The van der Waals surface area contributed by atoms with Gasteiger partial charge in [0.25, 0.3) is 5.56 Å². The van der Waals surface area contributed by atoms with Gasteiger partial charge in [0.05, 0.1) is 6.61 Å². The number of nitrogens with one attached hydrogen (secondary N) is 1. The lowest BCUT2D eigenvalue weighted by Crippen LogP contribution is -2.51. The van der Waals surface area contributed by atoms with Crippen LogP contribution in [0.4, 0.5) is 0 Å². The summed E-state index contributed by atoms with van der Waals surface area (Å²) in [5, 5.41) is 21.1. The van der Waals surface area contributed by atoms with Crippen molar-refractivity contribution in [2.75, 3.05) is 6.61 Å². The van der Waals surface area contributed by atoms with Crippen LogP contribution in [0.2, 0.25) is 0 Å². The van der Waals surface area contributed by atoms with Crippen molar-refractivity contribution in [1.82, 2.24) is 9.55 Å². The van der Waals surface area contributed by atoms with Gasteiger partial charge in [-0.1, -0.05) is 13.3 Å². The molecule has 1 saturated heterocycles. The van der Waals surface area contributed by atoms with Crippen LogP contribution in [0, 0.1) is 0 Å². The highest BCUT2D eigenvalue weighted by Gasteiger charge is 2.56. The molecule has 2 heterocycles. The molecule has 0 aromatic carbocycles. The molecule has 2 unspecified atom stereocenters. The van der Waals surface area contributed by atoms with E-state index in [9.17, 15) is 43.3 Å². The molecule has 6 atom stereocenters. The first-order chi connectivity index (χ1) is 15.0. The van der Waals surface area contributed by atoms with Gasteiger partial charge in [-0.05, 0) is 12.8 Å². The zero-order valence-corrected chi connectivity index (χ0v) is 19.5. The molecule has 0 bridgehead atoms. The summed E-state index contributed by atoms with van der Waals surface area (Å²) in [6, 6.07) is 0.969. The number of phosphoric ester groups is 1. The van der Waals surface area contributed by atoms with Gasteiger partial charge in [-0.25, -0.2) is 18.5 Å². The summed E-state index contributed by atoms with van der Waals surface area (Å²) >= 11 is 0. The quantitative estimate of drug-likeness (QED) is 0.163. The second-order valence-corrected chi connectivity index (χ2v) is 11.3. The number of hydrogen-bond acceptors (Lipinski definition) is 11. The fourth-order valence-electron chi connectivity index (χ4n) is 3.15. The number of unbranched alkanes of at least 4 members (excludes halogenated alkanes) is 1. The van der Waals surface area contributed by atoms with E-state index in [1.807, 2.05) is 4.98 Å². The van der Waals surface area contributed by atoms with Gasteiger partial charge >= 0.3 is 29.2 Å². The molecule has 1 aromatic heterocycles. The molecule has 0 spiro atoms. The molecular formula is C13H23N2O15P3. The highest BCUT2D eigenvalue weighted by atomic mass is 31.3. The van der Waals surface area contributed by atoms with E-state index in [0.29, 0.717) is 12.8 Å². The predicted molar refractivity (Wildman–Crippen MR) is 106 cm³/mol. The summed E-state index contributed by atoms with van der Waals surface area (Å²) in [5.74, 6) is 0. The third-order valence-electron chi connectivity index (χ3n) is 4.46. The van der Waals surface area contributed by atoms with Gasteiger partial charge in [0, 0.05) is 12.3 Å². The van der Waals surface area contributed by atoms with Gasteiger partial charge in [-0.15, -0.1) is 0 Å². The topological polar surface area (TPSA) is 264 Å². The summed E-state index contributed by atoms with van der Waals surface area (Å²) in [6.07, 6.45) is -3.27. The van der Waals surface area contributed by atoms with Crippen molar-refractivity contribution in [2.24, 2.45) is 0 Å². The Balaban J connectivity index is 2.24. The molecule has 7 N–H and O–H groups in total. The van der Waals surface area contributed by atoms with Crippen LogP contribution in [0.15, 0.2) is 21.9 Å².